The number of benzene rings is 2. The van der Waals surface area contributed by atoms with E-state index in [4.69, 9.17) is 14.6 Å². The van der Waals surface area contributed by atoms with Gasteiger partial charge >= 0.3 is 0 Å². The Labute approximate surface area is 560 Å². The quantitative estimate of drug-likeness (QED) is 0.314. The van der Waals surface area contributed by atoms with Crippen LogP contribution in [0.1, 0.15) is 332 Å². The van der Waals surface area contributed by atoms with Crippen LogP contribution in [-0.4, -0.2) is 76.4 Å². The summed E-state index contributed by atoms with van der Waals surface area (Å²) >= 11 is 0. The summed E-state index contributed by atoms with van der Waals surface area (Å²) < 4.78 is 30.5. The van der Waals surface area contributed by atoms with Gasteiger partial charge in [-0.25, -0.2) is 8.42 Å². The molecule has 2 aromatic carbocycles. The van der Waals surface area contributed by atoms with Crippen molar-refractivity contribution in [1.29, 1.82) is 0 Å². The molecule has 0 unspecified atom stereocenters. The lowest BCUT2D eigenvalue weighted by atomic mass is 9.78. The van der Waals surface area contributed by atoms with E-state index in [-0.39, 0.29) is 56.3 Å². The molecule has 0 spiro atoms. The predicted octanol–water partition coefficient (Wildman–Crippen LogP) is 24.0. The van der Waals surface area contributed by atoms with Gasteiger partial charge in [-0.2, -0.15) is 0 Å². The number of aliphatic hydroxyl groups excluding tert-OH is 1. The van der Waals surface area contributed by atoms with Crippen molar-refractivity contribution in [3.8, 4) is 0 Å². The molecule has 2 rings (SSSR count). The second-order valence-corrected chi connectivity index (χ2v) is 38.7. The first-order valence-electron chi connectivity index (χ1n) is 33.2. The summed E-state index contributed by atoms with van der Waals surface area (Å²) in [7, 11) is 0.728. The first kappa shape index (κ1) is 108. The van der Waals surface area contributed by atoms with Crippen LogP contribution < -0.4 is 0 Å². The Kier molecular flexibility index (Phi) is 60.4. The van der Waals surface area contributed by atoms with Crippen molar-refractivity contribution in [1.82, 2.24) is 0 Å². The van der Waals surface area contributed by atoms with E-state index < -0.39 is 9.84 Å². The van der Waals surface area contributed by atoms with Crippen LogP contribution in [-0.2, 0) is 44.5 Å². The number of methoxy groups -OCH3 is 2. The van der Waals surface area contributed by atoms with Crippen LogP contribution in [0.15, 0.2) is 48.5 Å². The van der Waals surface area contributed by atoms with Gasteiger partial charge in [-0.3, -0.25) is 14.4 Å². The maximum Gasteiger partial charge on any atom is 0.149 e. The highest BCUT2D eigenvalue weighted by molar-refractivity contribution is 7.91. The first-order chi connectivity index (χ1) is 38.7. The van der Waals surface area contributed by atoms with Crippen LogP contribution in [0, 0.1) is 62.6 Å². The van der Waals surface area contributed by atoms with E-state index in [9.17, 15) is 22.8 Å². The molecule has 0 aliphatic rings. The number of sulfone groups is 1. The van der Waals surface area contributed by atoms with Crippen LogP contribution in [0.5, 0.6) is 0 Å². The third-order valence-electron chi connectivity index (χ3n) is 12.2. The average molecular weight is 1280 g/mol. The fourth-order valence-corrected chi connectivity index (χ4v) is 5.33. The number of Topliss-reactive ketones (excluding diaryl/α,β-unsaturated/α-hetero) is 3. The second-order valence-electron chi connectivity index (χ2n) is 36.1. The van der Waals surface area contributed by atoms with Gasteiger partial charge in [0, 0.05) is 49.9 Å². The maximum absolute atomic E-state index is 10.5. The molecule has 0 fully saturated rings. The number of carbonyl (C=O) groups is 3. The molecule has 8 nitrogen and oxygen atoms in total. The lowest BCUT2D eigenvalue weighted by Gasteiger charge is -2.28. The van der Waals surface area contributed by atoms with Gasteiger partial charge in [0.15, 0.2) is 0 Å². The summed E-state index contributed by atoms with van der Waals surface area (Å²) in [5, 5.41) is 8.17. The van der Waals surface area contributed by atoms with Crippen molar-refractivity contribution >= 4 is 27.2 Å². The third-order valence-corrected chi connectivity index (χ3v) is 13.9. The van der Waals surface area contributed by atoms with E-state index in [1.54, 1.807) is 48.8 Å². The predicted molar refractivity (Wildman–Crippen MR) is 403 cm³/mol. The molecular formula is C80H162O8S. The zero-order valence-electron chi connectivity index (χ0n) is 68.9. The normalized spacial score (nSPS) is 11.8. The number of aliphatic hydroxyl groups is 1. The maximum atomic E-state index is 10.5. The molecule has 1 N–H and O–H groups in total. The van der Waals surface area contributed by atoms with Gasteiger partial charge in [-0.05, 0) is 133 Å². The van der Waals surface area contributed by atoms with E-state index in [0.717, 1.165) is 19.6 Å². The Morgan fingerprint density at radius 3 is 0.831 bits per heavy atom. The van der Waals surface area contributed by atoms with Gasteiger partial charge in [0.25, 0.3) is 0 Å². The molecule has 0 aliphatic heterocycles. The SMILES string of the molecule is CC.CC(=O)C(C)(C)C.CC(=O)C(C)(C)C.CC(=O)C(C)(C)C.CC(C)(C)CC(C)(C)C.CC(C)(C)CO.CC(C)(C)c1ccccc1.CC(C)S(C)(=O)=O.CCCC(C)(C)C.COCC(C)(C)C.COCCC(C)(C)C.Cc1ccc(C(C)(C)C)cc1C. The molecule has 536 valence electrons. The number of carbonyl (C=O) groups excluding carboxylic acids is 3. The average Bonchev–Trinajstić information content (AvgIpc) is 3.28. The minimum atomic E-state index is -2.74. The fraction of sp³-hybridized carbons (Fsp3) is 0.812. The van der Waals surface area contributed by atoms with Crippen LogP contribution in [0.4, 0.5) is 0 Å². The van der Waals surface area contributed by atoms with Gasteiger partial charge in [0.2, 0.25) is 0 Å². The van der Waals surface area contributed by atoms with E-state index in [2.05, 4.69) is 215 Å². The Balaban J connectivity index is -0.0000000967. The van der Waals surface area contributed by atoms with Gasteiger partial charge < -0.3 is 14.6 Å². The van der Waals surface area contributed by atoms with Crippen molar-refractivity contribution in [2.75, 3.05) is 40.3 Å². The van der Waals surface area contributed by atoms with Gasteiger partial charge in [0.05, 0.1) is 11.9 Å². The lowest BCUT2D eigenvalue weighted by molar-refractivity contribution is -0.124. The largest absolute Gasteiger partial charge is 0.396 e. The number of rotatable bonds is 5. The van der Waals surface area contributed by atoms with E-state index in [1.807, 2.05) is 96.9 Å². The van der Waals surface area contributed by atoms with Crippen molar-refractivity contribution in [2.45, 2.75) is 339 Å². The Bertz CT molecular complexity index is 2020. The van der Waals surface area contributed by atoms with Gasteiger partial charge in [-0.15, -0.1) is 0 Å². The summed E-state index contributed by atoms with van der Waals surface area (Å²) in [4.78, 5) is 31.4. The minimum Gasteiger partial charge on any atom is -0.396 e. The Hall–Kier alpha value is -2.72. The summed E-state index contributed by atoms with van der Waals surface area (Å²) in [5.74, 6) is 0.729. The second kappa shape index (κ2) is 49.8. The van der Waals surface area contributed by atoms with E-state index in [1.165, 1.54) is 47.8 Å². The molecule has 0 amide bonds. The monoisotopic (exact) mass is 1280 g/mol. The fourth-order valence-electron chi connectivity index (χ4n) is 5.33. The zero-order chi connectivity index (χ0) is 74.6. The highest BCUT2D eigenvalue weighted by atomic mass is 32.2. The van der Waals surface area contributed by atoms with Gasteiger partial charge in [0.1, 0.15) is 27.2 Å². The van der Waals surface area contributed by atoms with Crippen LogP contribution in [0.25, 0.3) is 0 Å². The molecule has 0 atom stereocenters. The van der Waals surface area contributed by atoms with E-state index in [0.29, 0.717) is 32.5 Å². The standard InChI is InChI=1S/C12H18.C10H14.C9H20.C7H16O.C7H16.C6H14O.3C6H12O.C5H12O.C4H10O2S.C2H6/c1-9-6-7-11(8-10(9)2)12(3,4)5;1-10(2,3)9-7-5-4-6-8-9;1-8(2,3)7-9(4,5)6;1-7(2,3)5-6-8-4;1-5-6-7(2,3)4;1-6(2,3)5-7-4;3*1-5(7)6(2,3)4;1-5(2,3)4-6;1-4(2)7(3,5)6;1-2/h6-8H,1-5H3;4-8H,1-3H3;7H2,1-6H3;5-6H2,1-4H3;5-6H2,1-4H3;5H2,1-4H3;3*1-4H3;6H,4H2,1-3H3;4H,1-3H3;1-2H3. The molecule has 89 heavy (non-hydrogen) atoms. The van der Waals surface area contributed by atoms with Crippen LogP contribution in [0.3, 0.4) is 0 Å². The summed E-state index contributed by atoms with van der Waals surface area (Å²) in [6.07, 6.45) is 6.32. The molecule has 0 saturated carbocycles. The number of hydrogen-bond acceptors (Lipinski definition) is 8. The zero-order valence-corrected chi connectivity index (χ0v) is 69.7. The highest BCUT2D eigenvalue weighted by Gasteiger charge is 2.21. The number of aryl methyl sites for hydroxylation is 2. The third kappa shape index (κ3) is 102. The molecule has 0 aromatic heterocycles. The minimum absolute atomic E-state index is 0.0972. The smallest absolute Gasteiger partial charge is 0.149 e. The number of ketones is 3. The summed E-state index contributed by atoms with van der Waals surface area (Å²) in [6, 6.07) is 17.3. The summed E-state index contributed by atoms with van der Waals surface area (Å²) in [6.45, 7) is 91.0. The van der Waals surface area contributed by atoms with Crippen molar-refractivity contribution in [3.05, 3.63) is 70.8 Å². The Morgan fingerprint density at radius 1 is 0.449 bits per heavy atom. The lowest BCUT2D eigenvalue weighted by Crippen LogP contribution is -2.16. The summed E-state index contributed by atoms with van der Waals surface area (Å²) in [5.41, 5.74) is 8.11. The molecular weight excluding hydrogens is 1120 g/mol. The van der Waals surface area contributed by atoms with Crippen molar-refractivity contribution in [3.63, 3.8) is 0 Å². The number of ether oxygens (including phenoxy) is 2. The van der Waals surface area contributed by atoms with Crippen LogP contribution >= 0.6 is 0 Å². The van der Waals surface area contributed by atoms with Crippen LogP contribution in [0.2, 0.25) is 0 Å². The molecule has 0 radical (unpaired) electrons. The topological polar surface area (TPSA) is 124 Å². The van der Waals surface area contributed by atoms with Crippen molar-refractivity contribution in [2.24, 2.45) is 48.7 Å². The molecule has 0 saturated heterocycles. The molecule has 0 bridgehead atoms. The van der Waals surface area contributed by atoms with Crippen molar-refractivity contribution < 1.29 is 37.4 Å². The van der Waals surface area contributed by atoms with Gasteiger partial charge in [-0.1, -0.05) is 304 Å². The molecule has 0 heterocycles. The Morgan fingerprint density at radius 2 is 0.730 bits per heavy atom. The van der Waals surface area contributed by atoms with E-state index >= 15 is 0 Å². The first-order valence-corrected chi connectivity index (χ1v) is 35.1. The number of hydrogen-bond donors (Lipinski definition) is 1. The molecule has 9 heteroatoms. The molecule has 2 aromatic rings. The highest BCUT2D eigenvalue weighted by Crippen LogP contribution is 2.32. The molecule has 0 aliphatic carbocycles.